The van der Waals surface area contributed by atoms with Gasteiger partial charge in [0.2, 0.25) is 0 Å². The van der Waals surface area contributed by atoms with Gasteiger partial charge in [0.1, 0.15) is 0 Å². The minimum Gasteiger partial charge on any atom is -0.377 e. The van der Waals surface area contributed by atoms with E-state index in [9.17, 15) is 0 Å². The van der Waals surface area contributed by atoms with E-state index < -0.39 is 0 Å². The molecule has 0 aromatic carbocycles. The van der Waals surface area contributed by atoms with E-state index in [4.69, 9.17) is 4.74 Å². The van der Waals surface area contributed by atoms with Crippen LogP contribution in [0, 0.1) is 0 Å². The molecule has 0 amide bonds. The van der Waals surface area contributed by atoms with E-state index in [-0.39, 0.29) is 0 Å². The summed E-state index contributed by atoms with van der Waals surface area (Å²) in [6, 6.07) is 0. The zero-order valence-corrected chi connectivity index (χ0v) is 8.40. The van der Waals surface area contributed by atoms with Gasteiger partial charge in [-0.2, -0.15) is 11.8 Å². The van der Waals surface area contributed by atoms with Crippen molar-refractivity contribution in [2.75, 3.05) is 19.7 Å². The normalized spacial score (nSPS) is 42.2. The largest absolute Gasteiger partial charge is 0.377 e. The maximum atomic E-state index is 5.53. The number of thioether (sulfide) groups is 1. The van der Waals surface area contributed by atoms with Gasteiger partial charge >= 0.3 is 0 Å². The summed E-state index contributed by atoms with van der Waals surface area (Å²) in [4.78, 5) is 0. The maximum Gasteiger partial charge on any atom is 0.0666 e. The lowest BCUT2D eigenvalue weighted by molar-refractivity contribution is 0.127. The van der Waals surface area contributed by atoms with Crippen LogP contribution < -0.4 is 5.32 Å². The molecule has 3 atom stereocenters. The molecule has 2 fully saturated rings. The number of hydrogen-bond acceptors (Lipinski definition) is 3. The Morgan fingerprint density at radius 1 is 1.42 bits per heavy atom. The average molecular weight is 187 g/mol. The van der Waals surface area contributed by atoms with Crippen LogP contribution in [0.25, 0.3) is 0 Å². The zero-order valence-electron chi connectivity index (χ0n) is 7.58. The van der Waals surface area contributed by atoms with Crippen molar-refractivity contribution in [2.24, 2.45) is 0 Å². The second-order valence-corrected chi connectivity index (χ2v) is 5.20. The predicted octanol–water partition coefficient (Wildman–Crippen LogP) is 1.26. The molecule has 3 heteroatoms. The Hall–Kier alpha value is 0.270. The minimum atomic E-state index is 0.482. The van der Waals surface area contributed by atoms with E-state index in [0.717, 1.165) is 17.1 Å². The van der Waals surface area contributed by atoms with Crippen LogP contribution in [0.1, 0.15) is 19.8 Å². The van der Waals surface area contributed by atoms with E-state index >= 15 is 0 Å². The van der Waals surface area contributed by atoms with E-state index in [1.807, 2.05) is 0 Å². The first-order valence-corrected chi connectivity index (χ1v) is 5.78. The van der Waals surface area contributed by atoms with Crippen molar-refractivity contribution in [3.8, 4) is 0 Å². The monoisotopic (exact) mass is 187 g/mol. The molecule has 0 aromatic heterocycles. The van der Waals surface area contributed by atoms with Crippen molar-refractivity contribution >= 4 is 11.8 Å². The van der Waals surface area contributed by atoms with Gasteiger partial charge in [0.15, 0.2) is 0 Å². The fourth-order valence-electron chi connectivity index (χ4n) is 1.88. The summed E-state index contributed by atoms with van der Waals surface area (Å²) in [5.74, 6) is 0. The van der Waals surface area contributed by atoms with E-state index in [0.29, 0.717) is 6.10 Å². The van der Waals surface area contributed by atoms with Gasteiger partial charge in [-0.1, -0.05) is 0 Å². The predicted molar refractivity (Wildman–Crippen MR) is 52.7 cm³/mol. The van der Waals surface area contributed by atoms with Crippen molar-refractivity contribution in [2.45, 2.75) is 36.4 Å². The Morgan fingerprint density at radius 2 is 2.33 bits per heavy atom. The van der Waals surface area contributed by atoms with Crippen LogP contribution in [-0.2, 0) is 4.74 Å². The lowest BCUT2D eigenvalue weighted by atomic mass is 10.3. The zero-order chi connectivity index (χ0) is 8.39. The Morgan fingerprint density at radius 3 is 2.92 bits per heavy atom. The number of nitrogens with one attached hydrogen (secondary N) is 1. The summed E-state index contributed by atoms with van der Waals surface area (Å²) in [7, 11) is 0. The van der Waals surface area contributed by atoms with Crippen molar-refractivity contribution in [1.82, 2.24) is 5.32 Å². The maximum absolute atomic E-state index is 5.53. The molecule has 0 bridgehead atoms. The highest BCUT2D eigenvalue weighted by Gasteiger charge is 2.28. The van der Waals surface area contributed by atoms with Gasteiger partial charge in [-0.15, -0.1) is 0 Å². The second-order valence-electron chi connectivity index (χ2n) is 3.65. The van der Waals surface area contributed by atoms with Gasteiger partial charge in [0.05, 0.1) is 6.10 Å². The van der Waals surface area contributed by atoms with Gasteiger partial charge in [0, 0.05) is 23.7 Å². The summed E-state index contributed by atoms with van der Waals surface area (Å²) in [5.41, 5.74) is 0. The molecule has 2 aliphatic heterocycles. The first-order valence-electron chi connectivity index (χ1n) is 4.84. The van der Waals surface area contributed by atoms with Gasteiger partial charge in [0.25, 0.3) is 0 Å². The molecule has 2 saturated heterocycles. The molecule has 0 radical (unpaired) electrons. The lowest BCUT2D eigenvalue weighted by Gasteiger charge is -2.17. The van der Waals surface area contributed by atoms with Crippen LogP contribution in [0.4, 0.5) is 0 Å². The van der Waals surface area contributed by atoms with Crippen LogP contribution in [0.5, 0.6) is 0 Å². The van der Waals surface area contributed by atoms with Crippen molar-refractivity contribution in [1.29, 1.82) is 0 Å². The topological polar surface area (TPSA) is 21.3 Å². The Balaban J connectivity index is 1.77. The third kappa shape index (κ3) is 1.95. The van der Waals surface area contributed by atoms with Crippen molar-refractivity contribution < 1.29 is 4.74 Å². The molecule has 0 aliphatic carbocycles. The molecule has 0 saturated carbocycles. The fraction of sp³-hybridized carbons (Fsp3) is 1.00. The average Bonchev–Trinajstić information content (AvgIpc) is 2.65. The van der Waals surface area contributed by atoms with Crippen molar-refractivity contribution in [3.05, 3.63) is 0 Å². The summed E-state index contributed by atoms with van der Waals surface area (Å²) in [5, 5.41) is 5.01. The Bertz CT molecular complexity index is 147. The molecular formula is C9H17NOS. The van der Waals surface area contributed by atoms with E-state index in [1.165, 1.54) is 25.9 Å². The summed E-state index contributed by atoms with van der Waals surface area (Å²) < 4.78 is 5.53. The molecule has 2 rings (SSSR count). The highest BCUT2D eigenvalue weighted by molar-refractivity contribution is 8.00. The van der Waals surface area contributed by atoms with Crippen LogP contribution in [-0.4, -0.2) is 36.3 Å². The number of ether oxygens (including phenoxy) is 1. The van der Waals surface area contributed by atoms with Crippen LogP contribution in [0.3, 0.4) is 0 Å². The number of hydrogen-bond donors (Lipinski definition) is 1. The molecule has 2 aliphatic rings. The van der Waals surface area contributed by atoms with Gasteiger partial charge in [-0.3, -0.25) is 0 Å². The highest BCUT2D eigenvalue weighted by Crippen LogP contribution is 2.31. The van der Waals surface area contributed by atoms with Crippen LogP contribution in [0.2, 0.25) is 0 Å². The third-order valence-corrected chi connectivity index (χ3v) is 4.44. The van der Waals surface area contributed by atoms with E-state index in [2.05, 4.69) is 24.0 Å². The lowest BCUT2D eigenvalue weighted by Crippen LogP contribution is -2.19. The molecule has 0 spiro atoms. The molecular weight excluding hydrogens is 170 g/mol. The third-order valence-electron chi connectivity index (χ3n) is 2.69. The molecule has 70 valence electrons. The Kier molecular flexibility index (Phi) is 2.94. The molecule has 3 unspecified atom stereocenters. The number of rotatable bonds is 2. The first kappa shape index (κ1) is 8.85. The smallest absolute Gasteiger partial charge is 0.0666 e. The summed E-state index contributed by atoms with van der Waals surface area (Å²) >= 11 is 2.14. The molecule has 2 heterocycles. The van der Waals surface area contributed by atoms with Crippen LogP contribution in [0.15, 0.2) is 0 Å². The molecule has 0 aromatic rings. The first-order chi connectivity index (χ1) is 5.86. The fourth-order valence-corrected chi connectivity index (χ4v) is 3.38. The quantitative estimate of drug-likeness (QED) is 0.703. The standard InChI is InChI=1S/C9H17NOS/c1-7-9(3-5-11-7)12-8-2-4-10-6-8/h7-10H,2-6H2,1H3. The molecule has 2 nitrogen and oxygen atoms in total. The highest BCUT2D eigenvalue weighted by atomic mass is 32.2. The Labute approximate surface area is 78.4 Å². The van der Waals surface area contributed by atoms with Gasteiger partial charge in [-0.25, -0.2) is 0 Å². The minimum absolute atomic E-state index is 0.482. The SMILES string of the molecule is CC1OCCC1SC1CCNC1. The van der Waals surface area contributed by atoms with Gasteiger partial charge in [-0.05, 0) is 26.3 Å². The van der Waals surface area contributed by atoms with Gasteiger partial charge < -0.3 is 10.1 Å². The van der Waals surface area contributed by atoms with E-state index in [1.54, 1.807) is 0 Å². The summed E-state index contributed by atoms with van der Waals surface area (Å²) in [6.45, 7) is 5.58. The van der Waals surface area contributed by atoms with Crippen LogP contribution >= 0.6 is 11.8 Å². The second kappa shape index (κ2) is 3.99. The molecule has 1 N–H and O–H groups in total. The van der Waals surface area contributed by atoms with Crippen molar-refractivity contribution in [3.63, 3.8) is 0 Å². The molecule has 12 heavy (non-hydrogen) atoms. The summed E-state index contributed by atoms with van der Waals surface area (Å²) in [6.07, 6.45) is 3.08.